The summed E-state index contributed by atoms with van der Waals surface area (Å²) in [5, 5.41) is 4.94. The highest BCUT2D eigenvalue weighted by Crippen LogP contribution is 2.32. The van der Waals surface area contributed by atoms with E-state index in [2.05, 4.69) is 5.10 Å². The number of hydrogen-bond acceptors (Lipinski definition) is 3. The zero-order valence-electron chi connectivity index (χ0n) is 15.8. The monoisotopic (exact) mass is 376 g/mol. The molecule has 0 aliphatic carbocycles. The third kappa shape index (κ3) is 2.78. The summed E-state index contributed by atoms with van der Waals surface area (Å²) in [7, 11) is 5.11. The van der Waals surface area contributed by atoms with Crippen molar-refractivity contribution >= 4 is 22.8 Å². The van der Waals surface area contributed by atoms with Crippen LogP contribution < -0.4 is 10.5 Å². The van der Waals surface area contributed by atoms with E-state index in [9.17, 15) is 9.18 Å². The molecule has 0 amide bonds. The number of aryl methyl sites for hydroxylation is 1. The van der Waals surface area contributed by atoms with Gasteiger partial charge in [0.25, 0.3) is 5.56 Å². The van der Waals surface area contributed by atoms with E-state index >= 15 is 0 Å². The smallest absolute Gasteiger partial charge is 0.278 e. The summed E-state index contributed by atoms with van der Waals surface area (Å²) >= 11 is 6.39. The number of aromatic nitrogens is 3. The van der Waals surface area contributed by atoms with E-state index in [0.29, 0.717) is 27.6 Å². The highest BCUT2D eigenvalue weighted by molar-refractivity contribution is 6.33. The van der Waals surface area contributed by atoms with E-state index in [1.54, 1.807) is 36.6 Å². The Morgan fingerprint density at radius 3 is 2.46 bits per heavy atom. The van der Waals surface area contributed by atoms with Gasteiger partial charge in [-0.15, -0.1) is 5.10 Å². The summed E-state index contributed by atoms with van der Waals surface area (Å²) < 4.78 is 17.5. The van der Waals surface area contributed by atoms with Crippen LogP contribution in [0.4, 0.5) is 10.1 Å². The van der Waals surface area contributed by atoms with Gasteiger partial charge in [-0.25, -0.2) is 8.91 Å². The summed E-state index contributed by atoms with van der Waals surface area (Å²) in [5.74, 6) is 0.0982. The van der Waals surface area contributed by atoms with Gasteiger partial charge >= 0.3 is 0 Å². The molecule has 2 heterocycles. The largest absolute Gasteiger partial charge is 0.375 e. The van der Waals surface area contributed by atoms with Crippen molar-refractivity contribution in [3.05, 3.63) is 50.7 Å². The van der Waals surface area contributed by atoms with Gasteiger partial charge in [0, 0.05) is 32.4 Å². The minimum Gasteiger partial charge on any atom is -0.375 e. The van der Waals surface area contributed by atoms with Crippen LogP contribution >= 0.6 is 11.6 Å². The van der Waals surface area contributed by atoms with E-state index in [0.717, 1.165) is 11.3 Å². The van der Waals surface area contributed by atoms with Crippen molar-refractivity contribution in [3.63, 3.8) is 0 Å². The van der Waals surface area contributed by atoms with Crippen LogP contribution in [0.25, 0.3) is 16.9 Å². The molecule has 0 spiro atoms. The quantitative estimate of drug-likeness (QED) is 0.694. The van der Waals surface area contributed by atoms with Gasteiger partial charge in [-0.05, 0) is 36.6 Å². The van der Waals surface area contributed by atoms with Crippen molar-refractivity contribution in [2.45, 2.75) is 26.7 Å². The number of rotatable bonds is 3. The first kappa shape index (κ1) is 18.5. The lowest BCUT2D eigenvalue weighted by Crippen LogP contribution is -2.24. The van der Waals surface area contributed by atoms with Crippen molar-refractivity contribution in [1.82, 2.24) is 14.2 Å². The Hall–Kier alpha value is -2.34. The first-order valence-corrected chi connectivity index (χ1v) is 8.77. The maximum absolute atomic E-state index is 14.5. The Balaban J connectivity index is 2.34. The summed E-state index contributed by atoms with van der Waals surface area (Å²) in [4.78, 5) is 14.6. The normalized spacial score (nSPS) is 11.6. The highest BCUT2D eigenvalue weighted by atomic mass is 35.5. The fraction of sp³-hybridized carbons (Fsp3) is 0.368. The molecule has 0 aliphatic rings. The molecule has 3 rings (SSSR count). The van der Waals surface area contributed by atoms with Crippen molar-refractivity contribution < 1.29 is 4.39 Å². The standard InChI is InChI=1S/C19H22ClFN4O/c1-10(2)12-7-11(3)25-17(12)19(26)24(6)18(22-25)13-8-15(21)16(23(4)5)9-14(13)20/h7-10H,1-6H3. The maximum atomic E-state index is 14.5. The number of halogens is 2. The van der Waals surface area contributed by atoms with Crippen LogP contribution in [0, 0.1) is 12.7 Å². The fourth-order valence-corrected chi connectivity index (χ4v) is 3.38. The van der Waals surface area contributed by atoms with Crippen LogP contribution in [-0.4, -0.2) is 28.3 Å². The highest BCUT2D eigenvalue weighted by Gasteiger charge is 2.20. The van der Waals surface area contributed by atoms with Crippen LogP contribution in [-0.2, 0) is 7.05 Å². The molecule has 0 fully saturated rings. The van der Waals surface area contributed by atoms with E-state index in [1.165, 1.54) is 10.6 Å². The molecule has 0 saturated carbocycles. The lowest BCUT2D eigenvalue weighted by Gasteiger charge is -2.17. The molecule has 0 saturated heterocycles. The Kier molecular flexibility index (Phi) is 4.56. The van der Waals surface area contributed by atoms with E-state index in [4.69, 9.17) is 11.6 Å². The third-order valence-electron chi connectivity index (χ3n) is 4.58. The number of anilines is 1. The second kappa shape index (κ2) is 6.43. The molecule has 26 heavy (non-hydrogen) atoms. The molecule has 138 valence electrons. The molecule has 3 aromatic rings. The predicted octanol–water partition coefficient (Wildman–Crippen LogP) is 3.99. The first-order chi connectivity index (χ1) is 12.1. The Morgan fingerprint density at radius 2 is 1.88 bits per heavy atom. The first-order valence-electron chi connectivity index (χ1n) is 8.39. The molecule has 0 radical (unpaired) electrons. The molecule has 7 heteroatoms. The zero-order valence-corrected chi connectivity index (χ0v) is 16.5. The molecular weight excluding hydrogens is 355 g/mol. The van der Waals surface area contributed by atoms with E-state index < -0.39 is 5.82 Å². The van der Waals surface area contributed by atoms with Gasteiger partial charge in [-0.2, -0.15) is 0 Å². The van der Waals surface area contributed by atoms with E-state index in [-0.39, 0.29) is 11.5 Å². The van der Waals surface area contributed by atoms with Gasteiger partial charge in [0.15, 0.2) is 5.82 Å². The molecule has 0 aliphatic heterocycles. The van der Waals surface area contributed by atoms with Crippen molar-refractivity contribution in [3.8, 4) is 11.4 Å². The predicted molar refractivity (Wildman–Crippen MR) is 104 cm³/mol. The van der Waals surface area contributed by atoms with Gasteiger partial charge in [0.05, 0.1) is 10.7 Å². The minimum atomic E-state index is -0.421. The molecule has 0 atom stereocenters. The fourth-order valence-electron chi connectivity index (χ4n) is 3.14. The zero-order chi connectivity index (χ0) is 19.3. The van der Waals surface area contributed by atoms with Crippen molar-refractivity contribution in [2.24, 2.45) is 7.05 Å². The molecule has 2 aromatic heterocycles. The second-order valence-electron chi connectivity index (χ2n) is 7.02. The molecule has 5 nitrogen and oxygen atoms in total. The average molecular weight is 377 g/mol. The van der Waals surface area contributed by atoms with Crippen molar-refractivity contribution in [2.75, 3.05) is 19.0 Å². The van der Waals surface area contributed by atoms with Crippen molar-refractivity contribution in [1.29, 1.82) is 0 Å². The van der Waals surface area contributed by atoms with Gasteiger partial charge in [0.1, 0.15) is 11.3 Å². The van der Waals surface area contributed by atoms with E-state index in [1.807, 2.05) is 26.8 Å². The molecular formula is C19H22ClFN4O. The van der Waals surface area contributed by atoms with Crippen LogP contribution in [0.3, 0.4) is 0 Å². The molecule has 0 bridgehead atoms. The summed E-state index contributed by atoms with van der Waals surface area (Å²) in [6.45, 7) is 5.97. The number of nitrogens with zero attached hydrogens (tertiary/aromatic N) is 4. The van der Waals surface area contributed by atoms with Gasteiger partial charge in [-0.1, -0.05) is 25.4 Å². The number of fused-ring (bicyclic) bond motifs is 1. The van der Waals surface area contributed by atoms with Gasteiger partial charge in [0.2, 0.25) is 0 Å². The average Bonchev–Trinajstić information content (AvgIpc) is 2.90. The lowest BCUT2D eigenvalue weighted by molar-refractivity contribution is 0.626. The topological polar surface area (TPSA) is 42.5 Å². The minimum absolute atomic E-state index is 0.181. The molecule has 0 N–H and O–H groups in total. The Labute approximate surface area is 156 Å². The summed E-state index contributed by atoms with van der Waals surface area (Å²) in [6, 6.07) is 4.84. The summed E-state index contributed by atoms with van der Waals surface area (Å²) in [6.07, 6.45) is 0. The Bertz CT molecular complexity index is 1070. The van der Waals surface area contributed by atoms with Gasteiger partial charge in [-0.3, -0.25) is 9.36 Å². The lowest BCUT2D eigenvalue weighted by atomic mass is 10.1. The molecule has 0 unspecified atom stereocenters. The second-order valence-corrected chi connectivity index (χ2v) is 7.43. The van der Waals surface area contributed by atoms with Crippen LogP contribution in [0.1, 0.15) is 31.0 Å². The SMILES string of the molecule is Cc1cc(C(C)C)c2c(=O)n(C)c(-c3cc(F)c(N(C)C)cc3Cl)nn12. The van der Waals surface area contributed by atoms with Crippen LogP contribution in [0.2, 0.25) is 5.02 Å². The molecule has 1 aromatic carbocycles. The number of benzene rings is 1. The summed E-state index contributed by atoms with van der Waals surface area (Å²) in [5.41, 5.74) is 2.93. The number of hydrogen-bond donors (Lipinski definition) is 0. The third-order valence-corrected chi connectivity index (χ3v) is 4.90. The van der Waals surface area contributed by atoms with Crippen LogP contribution in [0.15, 0.2) is 23.0 Å². The van der Waals surface area contributed by atoms with Crippen LogP contribution in [0.5, 0.6) is 0 Å². The maximum Gasteiger partial charge on any atom is 0.278 e. The Morgan fingerprint density at radius 1 is 1.23 bits per heavy atom. The van der Waals surface area contributed by atoms with Gasteiger partial charge < -0.3 is 4.90 Å².